The van der Waals surface area contributed by atoms with E-state index in [1.54, 1.807) is 6.07 Å². The van der Waals surface area contributed by atoms with Crippen molar-refractivity contribution in [1.29, 1.82) is 0 Å². The number of carbonyl (C=O) groups is 1. The molecule has 1 heterocycles. The van der Waals surface area contributed by atoms with E-state index in [2.05, 4.69) is 11.8 Å². The molecular formula is C15H20FNO3. The van der Waals surface area contributed by atoms with Crippen molar-refractivity contribution >= 4 is 5.97 Å². The third-order valence-corrected chi connectivity index (χ3v) is 3.91. The van der Waals surface area contributed by atoms with E-state index in [4.69, 9.17) is 9.84 Å². The number of benzene rings is 1. The molecule has 2 atom stereocenters. The Morgan fingerprint density at radius 1 is 1.45 bits per heavy atom. The van der Waals surface area contributed by atoms with Gasteiger partial charge in [-0.1, -0.05) is 0 Å². The lowest BCUT2D eigenvalue weighted by atomic mass is 9.93. The molecule has 0 bridgehead atoms. The average Bonchev–Trinajstić information content (AvgIpc) is 2.40. The summed E-state index contributed by atoms with van der Waals surface area (Å²) in [5, 5.41) is 9.13. The van der Waals surface area contributed by atoms with Gasteiger partial charge in [0.05, 0.1) is 13.0 Å². The van der Waals surface area contributed by atoms with Crippen LogP contribution in [0.5, 0.6) is 5.75 Å². The first-order valence-corrected chi connectivity index (χ1v) is 6.80. The summed E-state index contributed by atoms with van der Waals surface area (Å²) >= 11 is 0. The smallest absolute Gasteiger partial charge is 0.307 e. The number of nitrogens with zero attached hydrogens (tertiary/aromatic N) is 1. The summed E-state index contributed by atoms with van der Waals surface area (Å²) in [4.78, 5) is 13.2. The van der Waals surface area contributed by atoms with Gasteiger partial charge in [0.15, 0.2) is 0 Å². The van der Waals surface area contributed by atoms with Crippen LogP contribution in [0.3, 0.4) is 0 Å². The number of piperidine rings is 1. The van der Waals surface area contributed by atoms with E-state index in [0.29, 0.717) is 31.3 Å². The highest BCUT2D eigenvalue weighted by Gasteiger charge is 2.29. The third-order valence-electron chi connectivity index (χ3n) is 3.91. The van der Waals surface area contributed by atoms with Crippen LogP contribution in [-0.2, 0) is 11.3 Å². The fourth-order valence-electron chi connectivity index (χ4n) is 2.67. The van der Waals surface area contributed by atoms with Crippen LogP contribution in [-0.4, -0.2) is 35.7 Å². The summed E-state index contributed by atoms with van der Waals surface area (Å²) < 4.78 is 18.5. The first-order valence-electron chi connectivity index (χ1n) is 6.80. The van der Waals surface area contributed by atoms with Crippen molar-refractivity contribution in [3.63, 3.8) is 0 Å². The second-order valence-corrected chi connectivity index (χ2v) is 5.39. The second kappa shape index (κ2) is 6.22. The quantitative estimate of drug-likeness (QED) is 0.921. The predicted molar refractivity (Wildman–Crippen MR) is 73.2 cm³/mol. The molecule has 1 saturated heterocycles. The van der Waals surface area contributed by atoms with Gasteiger partial charge in [-0.15, -0.1) is 0 Å². The molecule has 1 N–H and O–H groups in total. The van der Waals surface area contributed by atoms with Gasteiger partial charge in [-0.3, -0.25) is 9.69 Å². The van der Waals surface area contributed by atoms with Crippen molar-refractivity contribution in [2.75, 3.05) is 13.7 Å². The fourth-order valence-corrected chi connectivity index (χ4v) is 2.67. The predicted octanol–water partition coefficient (Wildman–Crippen LogP) is 2.52. The number of hydrogen-bond acceptors (Lipinski definition) is 3. The standard InChI is InChI=1S/C15H20FNO3/c1-10-3-4-12(15(18)19)9-17(10)8-11-5-13(16)7-14(6-11)20-2/h5-7,10,12H,3-4,8-9H2,1-2H3,(H,18,19). The van der Waals surface area contributed by atoms with Crippen LogP contribution >= 0.6 is 0 Å². The molecule has 0 amide bonds. The lowest BCUT2D eigenvalue weighted by molar-refractivity contribution is -0.144. The Morgan fingerprint density at radius 2 is 2.20 bits per heavy atom. The summed E-state index contributed by atoms with van der Waals surface area (Å²) in [6.45, 7) is 3.13. The molecule has 1 aromatic rings. The Hall–Kier alpha value is -1.62. The van der Waals surface area contributed by atoms with E-state index < -0.39 is 5.97 Å². The number of likely N-dealkylation sites (tertiary alicyclic amines) is 1. The summed E-state index contributed by atoms with van der Waals surface area (Å²) in [5.74, 6) is -0.932. The molecule has 1 aliphatic heterocycles. The van der Waals surface area contributed by atoms with E-state index in [1.165, 1.54) is 19.2 Å². The molecule has 1 aromatic carbocycles. The normalized spacial score (nSPS) is 23.6. The molecule has 20 heavy (non-hydrogen) atoms. The van der Waals surface area contributed by atoms with Gasteiger partial charge in [0.2, 0.25) is 0 Å². The molecule has 0 aliphatic carbocycles. The van der Waals surface area contributed by atoms with Gasteiger partial charge in [-0.05, 0) is 37.5 Å². The fraction of sp³-hybridized carbons (Fsp3) is 0.533. The molecule has 0 radical (unpaired) electrons. The number of halogens is 1. The monoisotopic (exact) mass is 281 g/mol. The Balaban J connectivity index is 2.11. The van der Waals surface area contributed by atoms with Crippen molar-refractivity contribution in [2.45, 2.75) is 32.4 Å². The number of aliphatic carboxylic acids is 1. The first-order chi connectivity index (χ1) is 9.49. The van der Waals surface area contributed by atoms with E-state index in [1.807, 2.05) is 0 Å². The van der Waals surface area contributed by atoms with Crippen LogP contribution in [0.2, 0.25) is 0 Å². The van der Waals surface area contributed by atoms with Gasteiger partial charge in [0, 0.05) is 25.2 Å². The summed E-state index contributed by atoms with van der Waals surface area (Å²) in [7, 11) is 1.50. The SMILES string of the molecule is COc1cc(F)cc(CN2CC(C(=O)O)CCC2C)c1. The minimum atomic E-state index is -0.751. The number of hydrogen-bond donors (Lipinski definition) is 1. The highest BCUT2D eigenvalue weighted by atomic mass is 19.1. The van der Waals surface area contributed by atoms with Crippen LogP contribution in [0.1, 0.15) is 25.3 Å². The van der Waals surface area contributed by atoms with Crippen LogP contribution in [0, 0.1) is 11.7 Å². The van der Waals surface area contributed by atoms with Crippen LogP contribution in [0.4, 0.5) is 4.39 Å². The highest BCUT2D eigenvalue weighted by molar-refractivity contribution is 5.70. The van der Waals surface area contributed by atoms with Crippen LogP contribution in [0.25, 0.3) is 0 Å². The number of rotatable bonds is 4. The molecule has 2 rings (SSSR count). The van der Waals surface area contributed by atoms with Crippen molar-refractivity contribution < 1.29 is 19.0 Å². The van der Waals surface area contributed by atoms with Gasteiger partial charge < -0.3 is 9.84 Å². The lowest BCUT2D eigenvalue weighted by Gasteiger charge is -2.36. The van der Waals surface area contributed by atoms with E-state index in [0.717, 1.165) is 12.0 Å². The number of carboxylic acid groups (broad SMARTS) is 1. The zero-order chi connectivity index (χ0) is 14.7. The van der Waals surface area contributed by atoms with Gasteiger partial charge in [0.1, 0.15) is 11.6 Å². The summed E-state index contributed by atoms with van der Waals surface area (Å²) in [6.07, 6.45) is 1.56. The molecule has 1 fully saturated rings. The molecule has 1 aliphatic rings. The van der Waals surface area contributed by atoms with Gasteiger partial charge >= 0.3 is 5.97 Å². The van der Waals surface area contributed by atoms with Crippen LogP contribution < -0.4 is 4.74 Å². The lowest BCUT2D eigenvalue weighted by Crippen LogP contribution is -2.43. The number of ether oxygens (including phenoxy) is 1. The van der Waals surface area contributed by atoms with E-state index in [9.17, 15) is 9.18 Å². The molecule has 0 saturated carbocycles. The zero-order valence-corrected chi connectivity index (χ0v) is 11.8. The van der Waals surface area contributed by atoms with Crippen LogP contribution in [0.15, 0.2) is 18.2 Å². The maximum atomic E-state index is 13.5. The summed E-state index contributed by atoms with van der Waals surface area (Å²) in [5.41, 5.74) is 0.805. The molecule has 0 spiro atoms. The van der Waals surface area contributed by atoms with Crippen molar-refractivity contribution in [3.05, 3.63) is 29.6 Å². The zero-order valence-electron chi connectivity index (χ0n) is 11.8. The van der Waals surface area contributed by atoms with E-state index >= 15 is 0 Å². The Bertz CT molecular complexity index is 492. The minimum absolute atomic E-state index is 0.305. The topological polar surface area (TPSA) is 49.8 Å². The minimum Gasteiger partial charge on any atom is -0.497 e. The van der Waals surface area contributed by atoms with Gasteiger partial charge in [-0.25, -0.2) is 4.39 Å². The molecule has 0 aromatic heterocycles. The van der Waals surface area contributed by atoms with Crippen molar-refractivity contribution in [1.82, 2.24) is 4.90 Å². The molecule has 2 unspecified atom stereocenters. The van der Waals surface area contributed by atoms with Gasteiger partial charge in [-0.2, -0.15) is 0 Å². The molecular weight excluding hydrogens is 261 g/mol. The van der Waals surface area contributed by atoms with Crippen molar-refractivity contribution in [3.8, 4) is 5.75 Å². The Kier molecular flexibility index (Phi) is 4.60. The van der Waals surface area contributed by atoms with E-state index in [-0.39, 0.29) is 11.7 Å². The van der Waals surface area contributed by atoms with Gasteiger partial charge in [0.25, 0.3) is 0 Å². The Morgan fingerprint density at radius 3 is 2.85 bits per heavy atom. The maximum Gasteiger partial charge on any atom is 0.307 e. The average molecular weight is 281 g/mol. The summed E-state index contributed by atoms with van der Waals surface area (Å²) in [6, 6.07) is 4.91. The molecule has 110 valence electrons. The first kappa shape index (κ1) is 14.8. The molecule has 4 nitrogen and oxygen atoms in total. The van der Waals surface area contributed by atoms with Crippen molar-refractivity contribution in [2.24, 2.45) is 5.92 Å². The number of methoxy groups -OCH3 is 1. The Labute approximate surface area is 118 Å². The maximum absolute atomic E-state index is 13.5. The largest absolute Gasteiger partial charge is 0.497 e. The number of carboxylic acids is 1. The third kappa shape index (κ3) is 3.48. The highest BCUT2D eigenvalue weighted by Crippen LogP contribution is 2.25. The second-order valence-electron chi connectivity index (χ2n) is 5.39. The molecule has 5 heteroatoms.